The van der Waals surface area contributed by atoms with Crippen molar-refractivity contribution in [3.05, 3.63) is 0 Å². The summed E-state index contributed by atoms with van der Waals surface area (Å²) in [5, 5.41) is 12.4. The van der Waals surface area contributed by atoms with Gasteiger partial charge in [0.15, 0.2) is 0 Å². The molecule has 1 atom stereocenters. The molecule has 0 heterocycles. The van der Waals surface area contributed by atoms with Gasteiger partial charge in [0.25, 0.3) is 0 Å². The number of nitrogens with zero attached hydrogens (tertiary/aromatic N) is 2. The van der Waals surface area contributed by atoms with Gasteiger partial charge in [0, 0.05) is 6.54 Å². The van der Waals surface area contributed by atoms with Crippen molar-refractivity contribution in [2.45, 2.75) is 51.5 Å². The molecule has 17 heavy (non-hydrogen) atoms. The van der Waals surface area contributed by atoms with E-state index < -0.39 is 0 Å². The average molecular weight is 237 g/mol. The maximum atomic E-state index is 9.15. The molecule has 3 nitrogen and oxygen atoms in total. The Labute approximate surface area is 106 Å². The Kier molecular flexibility index (Phi) is 5.94. The molecule has 1 N–H and O–H groups in total. The molecular weight excluding hydrogens is 210 g/mol. The predicted octanol–water partition coefficient (Wildman–Crippen LogP) is 2.39. The molecule has 1 aliphatic rings. The largest absolute Gasteiger partial charge is 0.306 e. The summed E-state index contributed by atoms with van der Waals surface area (Å²) >= 11 is 0. The van der Waals surface area contributed by atoms with E-state index in [1.54, 1.807) is 0 Å². The highest BCUT2D eigenvalue weighted by atomic mass is 15.1. The minimum atomic E-state index is -0.341. The maximum absolute atomic E-state index is 9.15. The van der Waals surface area contributed by atoms with Gasteiger partial charge < -0.3 is 4.90 Å². The van der Waals surface area contributed by atoms with E-state index in [1.165, 1.54) is 25.8 Å². The SMILES string of the molecule is CCNC(C)(C#N)CCCN(C)CC1CCC1. The standard InChI is InChI=1S/C14H27N3/c1-4-16-14(2,12-15)9-6-10-17(3)11-13-7-5-8-13/h13,16H,4-11H2,1-3H3. The van der Waals surface area contributed by atoms with Gasteiger partial charge in [0.05, 0.1) is 6.07 Å². The Hall–Kier alpha value is -0.590. The van der Waals surface area contributed by atoms with Crippen LogP contribution in [0.25, 0.3) is 0 Å². The Morgan fingerprint density at radius 2 is 2.18 bits per heavy atom. The zero-order valence-electron chi connectivity index (χ0n) is 11.6. The van der Waals surface area contributed by atoms with Crippen LogP contribution in [0, 0.1) is 17.2 Å². The van der Waals surface area contributed by atoms with Crippen LogP contribution in [0.5, 0.6) is 0 Å². The Bertz CT molecular complexity index is 255. The van der Waals surface area contributed by atoms with E-state index in [0.29, 0.717) is 0 Å². The van der Waals surface area contributed by atoms with Crippen LogP contribution in [0.4, 0.5) is 0 Å². The third kappa shape index (κ3) is 5.06. The molecule has 0 aliphatic heterocycles. The number of hydrogen-bond donors (Lipinski definition) is 1. The monoisotopic (exact) mass is 237 g/mol. The molecule has 0 spiro atoms. The quantitative estimate of drug-likeness (QED) is 0.704. The Balaban J connectivity index is 2.14. The number of nitrogens with one attached hydrogen (secondary N) is 1. The van der Waals surface area contributed by atoms with E-state index in [9.17, 15) is 0 Å². The Morgan fingerprint density at radius 1 is 1.47 bits per heavy atom. The molecule has 1 rings (SSSR count). The Morgan fingerprint density at radius 3 is 2.65 bits per heavy atom. The summed E-state index contributed by atoms with van der Waals surface area (Å²) in [6.45, 7) is 7.27. The van der Waals surface area contributed by atoms with E-state index >= 15 is 0 Å². The molecule has 98 valence electrons. The van der Waals surface area contributed by atoms with Crippen LogP contribution < -0.4 is 5.32 Å². The van der Waals surface area contributed by atoms with Gasteiger partial charge in [-0.2, -0.15) is 5.26 Å². The van der Waals surface area contributed by atoms with Crippen LogP contribution in [0.2, 0.25) is 0 Å². The third-order valence-corrected chi connectivity index (χ3v) is 3.82. The molecular formula is C14H27N3. The molecule has 0 saturated heterocycles. The molecule has 0 aromatic heterocycles. The molecule has 1 fully saturated rings. The average Bonchev–Trinajstić information content (AvgIpc) is 2.24. The van der Waals surface area contributed by atoms with Crippen LogP contribution in [0.3, 0.4) is 0 Å². The van der Waals surface area contributed by atoms with Crippen molar-refractivity contribution in [1.29, 1.82) is 5.26 Å². The highest BCUT2D eigenvalue weighted by Gasteiger charge is 2.22. The van der Waals surface area contributed by atoms with E-state index in [2.05, 4.69) is 30.3 Å². The molecule has 1 aliphatic carbocycles. The molecule has 1 saturated carbocycles. The van der Waals surface area contributed by atoms with Crippen LogP contribution in [0.15, 0.2) is 0 Å². The first-order chi connectivity index (χ1) is 8.09. The second kappa shape index (κ2) is 6.98. The van der Waals surface area contributed by atoms with Gasteiger partial charge in [-0.3, -0.25) is 5.32 Å². The minimum Gasteiger partial charge on any atom is -0.306 e. The van der Waals surface area contributed by atoms with Crippen molar-refractivity contribution in [2.24, 2.45) is 5.92 Å². The first-order valence-corrected chi connectivity index (χ1v) is 6.94. The molecule has 1 unspecified atom stereocenters. The highest BCUT2D eigenvalue weighted by Crippen LogP contribution is 2.26. The van der Waals surface area contributed by atoms with E-state index in [0.717, 1.165) is 31.8 Å². The predicted molar refractivity (Wildman–Crippen MR) is 71.8 cm³/mol. The number of nitriles is 1. The summed E-state index contributed by atoms with van der Waals surface area (Å²) in [6.07, 6.45) is 6.29. The lowest BCUT2D eigenvalue weighted by Gasteiger charge is -2.30. The van der Waals surface area contributed by atoms with Crippen molar-refractivity contribution in [3.8, 4) is 6.07 Å². The van der Waals surface area contributed by atoms with Crippen LogP contribution in [-0.2, 0) is 0 Å². The fourth-order valence-electron chi connectivity index (χ4n) is 2.48. The fraction of sp³-hybridized carbons (Fsp3) is 0.929. The lowest BCUT2D eigenvalue weighted by Crippen LogP contribution is -2.41. The third-order valence-electron chi connectivity index (χ3n) is 3.82. The smallest absolute Gasteiger partial charge is 0.103 e. The van der Waals surface area contributed by atoms with Crippen LogP contribution in [-0.4, -0.2) is 37.1 Å². The summed E-state index contributed by atoms with van der Waals surface area (Å²) in [4.78, 5) is 2.42. The fourth-order valence-corrected chi connectivity index (χ4v) is 2.48. The van der Waals surface area contributed by atoms with Gasteiger partial charge >= 0.3 is 0 Å². The second-order valence-corrected chi connectivity index (χ2v) is 5.64. The first kappa shape index (κ1) is 14.5. The molecule has 0 aromatic rings. The molecule has 3 heteroatoms. The van der Waals surface area contributed by atoms with E-state index in [1.807, 2.05) is 6.92 Å². The van der Waals surface area contributed by atoms with Crippen molar-refractivity contribution >= 4 is 0 Å². The zero-order valence-corrected chi connectivity index (χ0v) is 11.6. The van der Waals surface area contributed by atoms with E-state index in [4.69, 9.17) is 5.26 Å². The first-order valence-electron chi connectivity index (χ1n) is 6.94. The van der Waals surface area contributed by atoms with Gasteiger partial charge in [-0.25, -0.2) is 0 Å². The van der Waals surface area contributed by atoms with Gasteiger partial charge in [0.2, 0.25) is 0 Å². The van der Waals surface area contributed by atoms with Gasteiger partial charge in [0.1, 0.15) is 5.54 Å². The molecule has 0 bridgehead atoms. The number of hydrogen-bond acceptors (Lipinski definition) is 3. The van der Waals surface area contributed by atoms with Gasteiger partial charge in [-0.05, 0) is 58.7 Å². The molecule has 0 radical (unpaired) electrons. The second-order valence-electron chi connectivity index (χ2n) is 5.64. The summed E-state index contributed by atoms with van der Waals surface area (Å²) in [5.41, 5.74) is -0.341. The van der Waals surface area contributed by atoms with Crippen molar-refractivity contribution in [2.75, 3.05) is 26.7 Å². The summed E-state index contributed by atoms with van der Waals surface area (Å²) in [5.74, 6) is 0.941. The van der Waals surface area contributed by atoms with Crippen LogP contribution in [0.1, 0.15) is 46.0 Å². The van der Waals surface area contributed by atoms with E-state index in [-0.39, 0.29) is 5.54 Å². The normalized spacial score (nSPS) is 19.7. The lowest BCUT2D eigenvalue weighted by atomic mass is 9.85. The lowest BCUT2D eigenvalue weighted by molar-refractivity contribution is 0.200. The van der Waals surface area contributed by atoms with Crippen LogP contribution >= 0.6 is 0 Å². The molecule has 0 aromatic carbocycles. The number of rotatable bonds is 8. The van der Waals surface area contributed by atoms with Crippen molar-refractivity contribution in [1.82, 2.24) is 10.2 Å². The summed E-state index contributed by atoms with van der Waals surface area (Å²) in [7, 11) is 2.20. The van der Waals surface area contributed by atoms with Crippen molar-refractivity contribution < 1.29 is 0 Å². The maximum Gasteiger partial charge on any atom is 0.103 e. The molecule has 0 amide bonds. The van der Waals surface area contributed by atoms with Gasteiger partial charge in [-0.15, -0.1) is 0 Å². The summed E-state index contributed by atoms with van der Waals surface area (Å²) < 4.78 is 0. The highest BCUT2D eigenvalue weighted by molar-refractivity contribution is 5.03. The zero-order chi connectivity index (χ0) is 12.7. The topological polar surface area (TPSA) is 39.1 Å². The van der Waals surface area contributed by atoms with Crippen molar-refractivity contribution in [3.63, 3.8) is 0 Å². The van der Waals surface area contributed by atoms with Gasteiger partial charge in [-0.1, -0.05) is 13.3 Å². The minimum absolute atomic E-state index is 0.341. The summed E-state index contributed by atoms with van der Waals surface area (Å²) in [6, 6.07) is 2.39.